The lowest BCUT2D eigenvalue weighted by molar-refractivity contribution is 0.311. The predicted octanol–water partition coefficient (Wildman–Crippen LogP) is 2.78. The number of hydrogen-bond donors (Lipinski definition) is 2. The summed E-state index contributed by atoms with van der Waals surface area (Å²) in [6.07, 6.45) is 8.30. The standard InChI is InChI=1S/C10H18N2O2/c13-11-9-7-5-3-1-2-4-6-8-10(9)12-14/h13-14H,1-8H2/b11-9-,12-10+. The molecule has 1 fully saturated rings. The number of rotatable bonds is 0. The van der Waals surface area contributed by atoms with Crippen LogP contribution in [0.25, 0.3) is 0 Å². The van der Waals surface area contributed by atoms with Crippen LogP contribution in [0.4, 0.5) is 0 Å². The fraction of sp³-hybridized carbons (Fsp3) is 0.800. The van der Waals surface area contributed by atoms with Crippen LogP contribution in [0, 0.1) is 0 Å². The van der Waals surface area contributed by atoms with E-state index < -0.39 is 0 Å². The molecule has 0 aliphatic heterocycles. The molecular weight excluding hydrogens is 180 g/mol. The van der Waals surface area contributed by atoms with E-state index in [1.807, 2.05) is 0 Å². The van der Waals surface area contributed by atoms with Gasteiger partial charge in [-0.1, -0.05) is 36.0 Å². The molecule has 1 aliphatic carbocycles. The molecule has 80 valence electrons. The Morgan fingerprint density at radius 3 is 1.36 bits per heavy atom. The summed E-state index contributed by atoms with van der Waals surface area (Å²) >= 11 is 0. The van der Waals surface area contributed by atoms with Crippen LogP contribution in [0.1, 0.15) is 51.4 Å². The van der Waals surface area contributed by atoms with Crippen molar-refractivity contribution >= 4 is 11.4 Å². The van der Waals surface area contributed by atoms with Gasteiger partial charge in [0.1, 0.15) is 11.4 Å². The summed E-state index contributed by atoms with van der Waals surface area (Å²) in [6, 6.07) is 0. The molecule has 0 aromatic carbocycles. The zero-order valence-electron chi connectivity index (χ0n) is 8.45. The van der Waals surface area contributed by atoms with Crippen molar-refractivity contribution in [2.45, 2.75) is 51.4 Å². The highest BCUT2D eigenvalue weighted by Gasteiger charge is 2.11. The molecule has 4 heteroatoms. The molecule has 0 atom stereocenters. The van der Waals surface area contributed by atoms with Gasteiger partial charge in [-0.15, -0.1) is 0 Å². The first-order valence-electron chi connectivity index (χ1n) is 5.30. The highest BCUT2D eigenvalue weighted by Crippen LogP contribution is 2.14. The summed E-state index contributed by atoms with van der Waals surface area (Å²) in [4.78, 5) is 0. The maximum absolute atomic E-state index is 8.77. The molecule has 4 nitrogen and oxygen atoms in total. The minimum Gasteiger partial charge on any atom is -0.411 e. The lowest BCUT2D eigenvalue weighted by Crippen LogP contribution is -2.15. The molecule has 0 aromatic heterocycles. The third-order valence-electron chi connectivity index (χ3n) is 2.65. The molecule has 1 rings (SSSR count). The van der Waals surface area contributed by atoms with Gasteiger partial charge >= 0.3 is 0 Å². The van der Waals surface area contributed by atoms with Gasteiger partial charge in [-0.05, 0) is 25.7 Å². The van der Waals surface area contributed by atoms with E-state index in [4.69, 9.17) is 10.4 Å². The molecule has 1 saturated carbocycles. The van der Waals surface area contributed by atoms with Crippen molar-refractivity contribution in [3.8, 4) is 0 Å². The average Bonchev–Trinajstić information content (AvgIpc) is 2.24. The number of oxime groups is 2. The van der Waals surface area contributed by atoms with E-state index >= 15 is 0 Å². The Morgan fingerprint density at radius 2 is 1.00 bits per heavy atom. The third-order valence-corrected chi connectivity index (χ3v) is 2.65. The Bertz CT molecular complexity index is 200. The Hall–Kier alpha value is -1.06. The van der Waals surface area contributed by atoms with Crippen molar-refractivity contribution in [1.82, 2.24) is 0 Å². The molecule has 0 radical (unpaired) electrons. The molecule has 0 aromatic rings. The van der Waals surface area contributed by atoms with Crippen LogP contribution in [0.15, 0.2) is 10.3 Å². The summed E-state index contributed by atoms with van der Waals surface area (Å²) in [5.74, 6) is 0. The minimum absolute atomic E-state index is 0.550. The van der Waals surface area contributed by atoms with E-state index in [1.54, 1.807) is 0 Å². The second-order valence-corrected chi connectivity index (χ2v) is 3.71. The van der Waals surface area contributed by atoms with Gasteiger partial charge < -0.3 is 10.4 Å². The topological polar surface area (TPSA) is 65.2 Å². The smallest absolute Gasteiger partial charge is 0.104 e. The van der Waals surface area contributed by atoms with Crippen molar-refractivity contribution in [1.29, 1.82) is 0 Å². The highest BCUT2D eigenvalue weighted by molar-refractivity contribution is 6.42. The van der Waals surface area contributed by atoms with Crippen LogP contribution in [0.2, 0.25) is 0 Å². The van der Waals surface area contributed by atoms with Crippen molar-refractivity contribution in [3.05, 3.63) is 0 Å². The molecule has 14 heavy (non-hydrogen) atoms. The van der Waals surface area contributed by atoms with Crippen LogP contribution in [0.3, 0.4) is 0 Å². The lowest BCUT2D eigenvalue weighted by Gasteiger charge is -2.09. The maximum Gasteiger partial charge on any atom is 0.104 e. The molecule has 0 unspecified atom stereocenters. The van der Waals surface area contributed by atoms with Crippen LogP contribution >= 0.6 is 0 Å². The Morgan fingerprint density at radius 1 is 0.643 bits per heavy atom. The summed E-state index contributed by atoms with van der Waals surface area (Å²) in [7, 11) is 0. The SMILES string of the molecule is O/N=C1/CCCCCCCC/C1=N\O. The molecule has 0 bridgehead atoms. The van der Waals surface area contributed by atoms with E-state index in [1.165, 1.54) is 12.8 Å². The lowest BCUT2D eigenvalue weighted by atomic mass is 9.98. The zero-order valence-corrected chi connectivity index (χ0v) is 8.45. The van der Waals surface area contributed by atoms with Gasteiger partial charge in [-0.25, -0.2) is 0 Å². The quantitative estimate of drug-likeness (QED) is 0.464. The normalized spacial score (nSPS) is 26.6. The Balaban J connectivity index is 2.59. The molecular formula is C10H18N2O2. The van der Waals surface area contributed by atoms with Crippen LogP contribution < -0.4 is 0 Å². The Labute approximate surface area is 84.3 Å². The molecule has 0 saturated heterocycles. The van der Waals surface area contributed by atoms with Gasteiger partial charge in [0.2, 0.25) is 0 Å². The molecule has 0 heterocycles. The monoisotopic (exact) mass is 198 g/mol. The van der Waals surface area contributed by atoms with Crippen molar-refractivity contribution in [3.63, 3.8) is 0 Å². The van der Waals surface area contributed by atoms with Gasteiger partial charge in [0.25, 0.3) is 0 Å². The van der Waals surface area contributed by atoms with E-state index in [9.17, 15) is 0 Å². The van der Waals surface area contributed by atoms with E-state index in [2.05, 4.69) is 10.3 Å². The van der Waals surface area contributed by atoms with Gasteiger partial charge in [0.15, 0.2) is 0 Å². The molecule has 1 aliphatic rings. The van der Waals surface area contributed by atoms with Crippen LogP contribution in [-0.2, 0) is 0 Å². The Kier molecular flexibility index (Phi) is 5.04. The average molecular weight is 198 g/mol. The van der Waals surface area contributed by atoms with Crippen LogP contribution in [-0.4, -0.2) is 21.8 Å². The fourth-order valence-electron chi connectivity index (χ4n) is 1.80. The van der Waals surface area contributed by atoms with E-state index in [0.29, 0.717) is 11.4 Å². The first kappa shape index (κ1) is 11.0. The first-order chi connectivity index (χ1) is 6.88. The second-order valence-electron chi connectivity index (χ2n) is 3.71. The van der Waals surface area contributed by atoms with Crippen molar-refractivity contribution in [2.75, 3.05) is 0 Å². The molecule has 0 amide bonds. The third kappa shape index (κ3) is 3.36. The summed E-state index contributed by atoms with van der Waals surface area (Å²) in [5.41, 5.74) is 1.10. The molecule has 2 N–H and O–H groups in total. The predicted molar refractivity (Wildman–Crippen MR) is 55.4 cm³/mol. The minimum atomic E-state index is 0.550. The van der Waals surface area contributed by atoms with Gasteiger partial charge in [0, 0.05) is 0 Å². The molecule has 0 spiro atoms. The maximum atomic E-state index is 8.77. The van der Waals surface area contributed by atoms with Gasteiger partial charge in [0.05, 0.1) is 0 Å². The van der Waals surface area contributed by atoms with Crippen LogP contribution in [0.5, 0.6) is 0 Å². The first-order valence-corrected chi connectivity index (χ1v) is 5.30. The summed E-state index contributed by atoms with van der Waals surface area (Å²) < 4.78 is 0. The summed E-state index contributed by atoms with van der Waals surface area (Å²) in [6.45, 7) is 0. The largest absolute Gasteiger partial charge is 0.411 e. The van der Waals surface area contributed by atoms with E-state index in [0.717, 1.165) is 38.5 Å². The zero-order chi connectivity index (χ0) is 10.2. The number of hydrogen-bond acceptors (Lipinski definition) is 4. The van der Waals surface area contributed by atoms with Crippen molar-refractivity contribution < 1.29 is 10.4 Å². The number of nitrogens with zero attached hydrogens (tertiary/aromatic N) is 2. The fourth-order valence-corrected chi connectivity index (χ4v) is 1.80. The highest BCUT2D eigenvalue weighted by atomic mass is 16.4. The van der Waals surface area contributed by atoms with Crippen molar-refractivity contribution in [2.24, 2.45) is 10.3 Å². The van der Waals surface area contributed by atoms with Gasteiger partial charge in [-0.3, -0.25) is 0 Å². The second kappa shape index (κ2) is 6.40. The van der Waals surface area contributed by atoms with Gasteiger partial charge in [-0.2, -0.15) is 0 Å². The summed E-state index contributed by atoms with van der Waals surface area (Å²) in [5, 5.41) is 23.9. The van der Waals surface area contributed by atoms with E-state index in [-0.39, 0.29) is 0 Å².